The van der Waals surface area contributed by atoms with Gasteiger partial charge in [0, 0.05) is 17.3 Å². The van der Waals surface area contributed by atoms with E-state index in [0.29, 0.717) is 0 Å². The second-order valence-electron chi connectivity index (χ2n) is 6.34. The zero-order valence-corrected chi connectivity index (χ0v) is 16.5. The SMILES string of the molecule is Cc1c(-c2nn(-c3ccccc3)cc2/C=N/NC(N)=S)cnn1-c1ccccc1. The molecule has 4 aromatic rings. The maximum atomic E-state index is 5.47. The van der Waals surface area contributed by atoms with E-state index in [1.807, 2.05) is 89.3 Å². The molecule has 2 aromatic carbocycles. The molecule has 4 rings (SSSR count). The van der Waals surface area contributed by atoms with Crippen molar-refractivity contribution in [2.45, 2.75) is 6.92 Å². The topological polar surface area (TPSA) is 86.1 Å². The molecule has 0 unspecified atom stereocenters. The fourth-order valence-corrected chi connectivity index (χ4v) is 3.09. The van der Waals surface area contributed by atoms with Gasteiger partial charge in [0.25, 0.3) is 0 Å². The first-order valence-electron chi connectivity index (χ1n) is 8.97. The van der Waals surface area contributed by atoms with Crippen molar-refractivity contribution in [1.29, 1.82) is 0 Å². The summed E-state index contributed by atoms with van der Waals surface area (Å²) in [7, 11) is 0. The van der Waals surface area contributed by atoms with Crippen LogP contribution in [0.4, 0.5) is 0 Å². The van der Waals surface area contributed by atoms with Gasteiger partial charge in [0.05, 0.1) is 29.5 Å². The second kappa shape index (κ2) is 8.07. The van der Waals surface area contributed by atoms with Crippen molar-refractivity contribution in [3.05, 3.63) is 84.3 Å². The Balaban J connectivity index is 1.80. The van der Waals surface area contributed by atoms with Gasteiger partial charge in [-0.3, -0.25) is 5.43 Å². The Morgan fingerprint density at radius 2 is 1.72 bits per heavy atom. The number of hydrogen-bond donors (Lipinski definition) is 2. The van der Waals surface area contributed by atoms with Crippen molar-refractivity contribution in [2.75, 3.05) is 0 Å². The highest BCUT2D eigenvalue weighted by molar-refractivity contribution is 7.80. The average molecular weight is 401 g/mol. The number of hydrazone groups is 1. The molecule has 0 saturated heterocycles. The minimum absolute atomic E-state index is 0.103. The Hall–Kier alpha value is -3.78. The smallest absolute Gasteiger partial charge is 0.184 e. The van der Waals surface area contributed by atoms with Gasteiger partial charge in [-0.2, -0.15) is 15.3 Å². The van der Waals surface area contributed by atoms with E-state index in [1.165, 1.54) is 0 Å². The summed E-state index contributed by atoms with van der Waals surface area (Å²) in [5, 5.41) is 13.6. The standard InChI is InChI=1S/C21H19N7S/c1-15-19(13-24-28(15)18-10-6-3-7-11-18)20-16(12-23-25-21(22)29)14-27(26-20)17-8-4-2-5-9-17/h2-14H,1H3,(H3,22,25,29)/b23-12+. The number of benzene rings is 2. The van der Waals surface area contributed by atoms with Crippen LogP contribution in [0.1, 0.15) is 11.3 Å². The molecule has 0 bridgehead atoms. The van der Waals surface area contributed by atoms with Crippen LogP contribution in [0, 0.1) is 6.92 Å². The van der Waals surface area contributed by atoms with E-state index >= 15 is 0 Å². The predicted molar refractivity (Wildman–Crippen MR) is 118 cm³/mol. The normalized spacial score (nSPS) is 11.1. The lowest BCUT2D eigenvalue weighted by Gasteiger charge is -2.05. The maximum Gasteiger partial charge on any atom is 0.184 e. The molecule has 0 aliphatic carbocycles. The molecule has 29 heavy (non-hydrogen) atoms. The molecule has 0 aliphatic rings. The summed E-state index contributed by atoms with van der Waals surface area (Å²) < 4.78 is 3.71. The van der Waals surface area contributed by atoms with Crippen LogP contribution in [0.15, 0.2) is 78.2 Å². The zero-order valence-electron chi connectivity index (χ0n) is 15.7. The number of para-hydroxylation sites is 2. The first kappa shape index (κ1) is 18.6. The molecule has 0 aliphatic heterocycles. The molecule has 2 aromatic heterocycles. The Bertz CT molecular complexity index is 1160. The van der Waals surface area contributed by atoms with E-state index in [9.17, 15) is 0 Å². The number of nitrogens with zero attached hydrogens (tertiary/aromatic N) is 5. The van der Waals surface area contributed by atoms with Crippen molar-refractivity contribution in [2.24, 2.45) is 10.8 Å². The first-order valence-corrected chi connectivity index (χ1v) is 9.38. The fraction of sp³-hybridized carbons (Fsp3) is 0.0476. The van der Waals surface area contributed by atoms with Gasteiger partial charge in [-0.15, -0.1) is 0 Å². The molecular weight excluding hydrogens is 382 g/mol. The quantitative estimate of drug-likeness (QED) is 0.305. The first-order chi connectivity index (χ1) is 14.1. The van der Waals surface area contributed by atoms with Crippen LogP contribution in [0.2, 0.25) is 0 Å². The van der Waals surface area contributed by atoms with Gasteiger partial charge in [-0.05, 0) is 43.4 Å². The highest BCUT2D eigenvalue weighted by Crippen LogP contribution is 2.27. The molecule has 8 heteroatoms. The van der Waals surface area contributed by atoms with Crippen LogP contribution < -0.4 is 11.2 Å². The largest absolute Gasteiger partial charge is 0.375 e. The summed E-state index contributed by atoms with van der Waals surface area (Å²) in [6, 6.07) is 19.9. The molecule has 7 nitrogen and oxygen atoms in total. The van der Waals surface area contributed by atoms with E-state index in [2.05, 4.69) is 15.6 Å². The zero-order chi connectivity index (χ0) is 20.2. The molecular formula is C21H19N7S. The van der Waals surface area contributed by atoms with Gasteiger partial charge in [0.15, 0.2) is 5.11 Å². The van der Waals surface area contributed by atoms with Crippen LogP contribution in [-0.4, -0.2) is 30.9 Å². The molecule has 0 amide bonds. The minimum atomic E-state index is 0.103. The van der Waals surface area contributed by atoms with Crippen molar-refractivity contribution < 1.29 is 0 Å². The average Bonchev–Trinajstić information content (AvgIpc) is 3.32. The van der Waals surface area contributed by atoms with Crippen molar-refractivity contribution in [1.82, 2.24) is 25.0 Å². The number of nitrogens with two attached hydrogens (primary N) is 1. The van der Waals surface area contributed by atoms with Gasteiger partial charge in [0.2, 0.25) is 0 Å². The predicted octanol–water partition coefficient (Wildman–Crippen LogP) is 3.20. The van der Waals surface area contributed by atoms with Crippen LogP contribution >= 0.6 is 12.2 Å². The summed E-state index contributed by atoms with van der Waals surface area (Å²) in [6.07, 6.45) is 5.38. The molecule has 0 spiro atoms. The summed E-state index contributed by atoms with van der Waals surface area (Å²) >= 11 is 4.82. The van der Waals surface area contributed by atoms with Crippen molar-refractivity contribution in [3.8, 4) is 22.6 Å². The molecule has 0 radical (unpaired) electrons. The van der Waals surface area contributed by atoms with Crippen LogP contribution in [0.5, 0.6) is 0 Å². The summed E-state index contributed by atoms with van der Waals surface area (Å²) in [6.45, 7) is 2.02. The van der Waals surface area contributed by atoms with Gasteiger partial charge >= 0.3 is 0 Å². The van der Waals surface area contributed by atoms with E-state index in [4.69, 9.17) is 23.1 Å². The maximum absolute atomic E-state index is 5.47. The fourth-order valence-electron chi connectivity index (χ4n) is 3.04. The Morgan fingerprint density at radius 3 is 2.38 bits per heavy atom. The third-order valence-electron chi connectivity index (χ3n) is 4.41. The van der Waals surface area contributed by atoms with E-state index in [0.717, 1.165) is 33.9 Å². The third-order valence-corrected chi connectivity index (χ3v) is 4.50. The van der Waals surface area contributed by atoms with E-state index in [1.54, 1.807) is 6.21 Å². The highest BCUT2D eigenvalue weighted by atomic mass is 32.1. The third kappa shape index (κ3) is 3.92. The number of thiocarbonyl (C=S) groups is 1. The Morgan fingerprint density at radius 1 is 1.07 bits per heavy atom. The summed E-state index contributed by atoms with van der Waals surface area (Å²) in [5.41, 5.74) is 13.5. The van der Waals surface area contributed by atoms with Gasteiger partial charge in [-0.1, -0.05) is 36.4 Å². The van der Waals surface area contributed by atoms with E-state index in [-0.39, 0.29) is 5.11 Å². The van der Waals surface area contributed by atoms with E-state index < -0.39 is 0 Å². The summed E-state index contributed by atoms with van der Waals surface area (Å²) in [5.74, 6) is 0. The summed E-state index contributed by atoms with van der Waals surface area (Å²) in [4.78, 5) is 0. The lowest BCUT2D eigenvalue weighted by atomic mass is 10.1. The highest BCUT2D eigenvalue weighted by Gasteiger charge is 2.17. The van der Waals surface area contributed by atoms with Gasteiger partial charge < -0.3 is 5.73 Å². The minimum Gasteiger partial charge on any atom is -0.375 e. The monoisotopic (exact) mass is 401 g/mol. The molecule has 0 saturated carbocycles. The van der Waals surface area contributed by atoms with Crippen molar-refractivity contribution in [3.63, 3.8) is 0 Å². The number of nitrogens with one attached hydrogen (secondary N) is 1. The van der Waals surface area contributed by atoms with Crippen LogP contribution in [-0.2, 0) is 0 Å². The second-order valence-corrected chi connectivity index (χ2v) is 6.78. The van der Waals surface area contributed by atoms with Crippen molar-refractivity contribution >= 4 is 23.5 Å². The van der Waals surface area contributed by atoms with Gasteiger partial charge in [0.1, 0.15) is 5.69 Å². The Kier molecular flexibility index (Phi) is 5.17. The molecule has 0 atom stereocenters. The molecule has 144 valence electrons. The molecule has 2 heterocycles. The number of hydrogen-bond acceptors (Lipinski definition) is 4. The van der Waals surface area contributed by atoms with Crippen LogP contribution in [0.3, 0.4) is 0 Å². The molecule has 3 N–H and O–H groups in total. The Labute approximate surface area is 173 Å². The lowest BCUT2D eigenvalue weighted by molar-refractivity contribution is 0.846. The number of aromatic nitrogens is 4. The van der Waals surface area contributed by atoms with Crippen LogP contribution in [0.25, 0.3) is 22.6 Å². The van der Waals surface area contributed by atoms with Gasteiger partial charge in [-0.25, -0.2) is 9.36 Å². The number of rotatable bonds is 5. The molecule has 0 fully saturated rings. The lowest BCUT2D eigenvalue weighted by Crippen LogP contribution is -2.24.